The number of H-pyrrole nitrogens is 1. The fourth-order valence-corrected chi connectivity index (χ4v) is 4.24. The number of hydrogen-bond acceptors (Lipinski definition) is 3. The monoisotopic (exact) mass is 422 g/mol. The van der Waals surface area contributed by atoms with Crippen molar-refractivity contribution >= 4 is 5.91 Å². The Morgan fingerprint density at radius 2 is 1.77 bits per heavy atom. The normalized spacial score (nSPS) is 14.7. The van der Waals surface area contributed by atoms with Crippen LogP contribution >= 0.6 is 0 Å². The Kier molecular flexibility index (Phi) is 6.60. The average molecular weight is 423 g/mol. The van der Waals surface area contributed by atoms with E-state index in [4.69, 9.17) is 0 Å². The smallest absolute Gasteiger partial charge is 0.343 e. The molecule has 0 aliphatic carbocycles. The predicted octanol–water partition coefficient (Wildman–Crippen LogP) is 3.50. The van der Waals surface area contributed by atoms with Crippen LogP contribution in [0.5, 0.6) is 0 Å². The number of carbonyl (C=O) groups is 1. The van der Waals surface area contributed by atoms with Crippen molar-refractivity contribution in [1.29, 1.82) is 0 Å². The minimum Gasteiger partial charge on any atom is -0.343 e. The summed E-state index contributed by atoms with van der Waals surface area (Å²) in [6.07, 6.45) is 4.60. The van der Waals surface area contributed by atoms with Gasteiger partial charge in [0, 0.05) is 25.9 Å². The number of halogens is 1. The highest BCUT2D eigenvalue weighted by atomic mass is 19.1. The molecule has 0 saturated carbocycles. The predicted molar refractivity (Wildman–Crippen MR) is 117 cm³/mol. The van der Waals surface area contributed by atoms with Crippen molar-refractivity contribution in [2.45, 2.75) is 38.5 Å². The van der Waals surface area contributed by atoms with E-state index in [1.807, 2.05) is 23.1 Å². The highest BCUT2D eigenvalue weighted by molar-refractivity contribution is 5.76. The lowest BCUT2D eigenvalue weighted by atomic mass is 9.93. The van der Waals surface area contributed by atoms with Crippen LogP contribution in [-0.2, 0) is 17.6 Å². The number of likely N-dealkylation sites (tertiary alicyclic amines) is 1. The molecule has 1 aliphatic rings. The summed E-state index contributed by atoms with van der Waals surface area (Å²) in [5, 5.41) is 6.57. The van der Waals surface area contributed by atoms with Gasteiger partial charge in [0.1, 0.15) is 11.6 Å². The minimum absolute atomic E-state index is 0.206. The third-order valence-corrected chi connectivity index (χ3v) is 5.97. The van der Waals surface area contributed by atoms with Crippen molar-refractivity contribution in [3.63, 3.8) is 0 Å². The zero-order valence-corrected chi connectivity index (χ0v) is 17.5. The Bertz CT molecular complexity index is 1070. The van der Waals surface area contributed by atoms with Gasteiger partial charge in [-0.2, -0.15) is 5.10 Å². The molecular formula is C24H27FN4O2. The van der Waals surface area contributed by atoms with Crippen LogP contribution in [0.3, 0.4) is 0 Å². The van der Waals surface area contributed by atoms with E-state index in [1.165, 1.54) is 16.2 Å². The molecule has 162 valence electrons. The zero-order valence-electron chi connectivity index (χ0n) is 17.5. The largest absolute Gasteiger partial charge is 0.348 e. The average Bonchev–Trinajstić information content (AvgIpc) is 3.15. The molecule has 31 heavy (non-hydrogen) atoms. The Morgan fingerprint density at radius 1 is 1.06 bits per heavy atom. The molecule has 1 fully saturated rings. The Labute approximate surface area is 180 Å². The summed E-state index contributed by atoms with van der Waals surface area (Å²) in [6.45, 7) is 1.42. The summed E-state index contributed by atoms with van der Waals surface area (Å²) in [5.74, 6) is 0.581. The number of nitrogens with zero attached hydrogens (tertiary/aromatic N) is 3. The lowest BCUT2D eigenvalue weighted by Gasteiger charge is -2.32. The highest BCUT2D eigenvalue weighted by Gasteiger charge is 2.25. The third kappa shape index (κ3) is 5.10. The van der Waals surface area contributed by atoms with Crippen LogP contribution < -0.4 is 5.69 Å². The van der Waals surface area contributed by atoms with E-state index < -0.39 is 11.5 Å². The molecule has 1 saturated heterocycles. The summed E-state index contributed by atoms with van der Waals surface area (Å²) >= 11 is 0. The summed E-state index contributed by atoms with van der Waals surface area (Å²) < 4.78 is 15.5. The van der Waals surface area contributed by atoms with Crippen LogP contribution in [-0.4, -0.2) is 38.7 Å². The first kappa shape index (κ1) is 21.0. The number of aromatic nitrogens is 3. The summed E-state index contributed by atoms with van der Waals surface area (Å²) in [6, 6.07) is 16.4. The number of carbonyl (C=O) groups excluding carboxylic acids is 1. The van der Waals surface area contributed by atoms with Gasteiger partial charge in [-0.25, -0.2) is 18.9 Å². The first-order chi connectivity index (χ1) is 15.1. The third-order valence-electron chi connectivity index (χ3n) is 5.97. The van der Waals surface area contributed by atoms with E-state index in [2.05, 4.69) is 22.3 Å². The standard InChI is InChI=1S/C24H27FN4O2/c25-20-10-4-5-11-21(20)29-22(26-27-24(29)31)17-19-13-15-28(16-14-19)23(30)12-6-9-18-7-2-1-3-8-18/h1-5,7-8,10-11,19H,6,9,12-17H2,(H,27,31). The fourth-order valence-electron chi connectivity index (χ4n) is 4.24. The molecular weight excluding hydrogens is 395 g/mol. The first-order valence-electron chi connectivity index (χ1n) is 10.8. The molecule has 0 radical (unpaired) electrons. The number of rotatable bonds is 7. The van der Waals surface area contributed by atoms with Gasteiger partial charge >= 0.3 is 5.69 Å². The molecule has 2 aromatic carbocycles. The topological polar surface area (TPSA) is 71.0 Å². The number of amides is 1. The SMILES string of the molecule is O=C(CCCc1ccccc1)N1CCC(Cc2n[nH]c(=O)n2-c2ccccc2F)CC1. The van der Waals surface area contributed by atoms with Gasteiger partial charge in [-0.3, -0.25) is 4.79 Å². The molecule has 7 heteroatoms. The molecule has 3 aromatic rings. The second-order valence-corrected chi connectivity index (χ2v) is 8.10. The molecule has 0 spiro atoms. The van der Waals surface area contributed by atoms with Gasteiger partial charge in [0.25, 0.3) is 0 Å². The maximum atomic E-state index is 14.2. The molecule has 1 aliphatic heterocycles. The van der Waals surface area contributed by atoms with Gasteiger partial charge in [0.2, 0.25) is 5.91 Å². The number of aromatic amines is 1. The Morgan fingerprint density at radius 3 is 2.52 bits per heavy atom. The van der Waals surface area contributed by atoms with Crippen LogP contribution in [0.1, 0.15) is 37.1 Å². The zero-order chi connectivity index (χ0) is 21.6. The minimum atomic E-state index is -0.455. The van der Waals surface area contributed by atoms with Crippen molar-refractivity contribution in [3.8, 4) is 5.69 Å². The second-order valence-electron chi connectivity index (χ2n) is 8.10. The highest BCUT2D eigenvalue weighted by Crippen LogP contribution is 2.23. The number of para-hydroxylation sites is 1. The first-order valence-corrected chi connectivity index (χ1v) is 10.8. The van der Waals surface area contributed by atoms with E-state index in [0.29, 0.717) is 37.7 Å². The van der Waals surface area contributed by atoms with Gasteiger partial charge in [0.05, 0.1) is 5.69 Å². The summed E-state index contributed by atoms with van der Waals surface area (Å²) in [4.78, 5) is 26.7. The fraction of sp³-hybridized carbons (Fsp3) is 0.375. The number of aryl methyl sites for hydroxylation is 1. The number of benzene rings is 2. The van der Waals surface area contributed by atoms with Crippen molar-refractivity contribution < 1.29 is 9.18 Å². The van der Waals surface area contributed by atoms with E-state index >= 15 is 0 Å². The van der Waals surface area contributed by atoms with E-state index in [-0.39, 0.29) is 11.6 Å². The summed E-state index contributed by atoms with van der Waals surface area (Å²) in [7, 11) is 0. The van der Waals surface area contributed by atoms with Crippen molar-refractivity contribution in [2.75, 3.05) is 13.1 Å². The second kappa shape index (κ2) is 9.73. The number of piperidine rings is 1. The molecule has 0 bridgehead atoms. The molecule has 0 unspecified atom stereocenters. The van der Waals surface area contributed by atoms with Crippen LogP contribution in [0.4, 0.5) is 4.39 Å². The van der Waals surface area contributed by atoms with Gasteiger partial charge < -0.3 is 4.90 Å². The maximum Gasteiger partial charge on any atom is 0.348 e. The van der Waals surface area contributed by atoms with Crippen molar-refractivity contribution in [3.05, 3.63) is 82.3 Å². The van der Waals surface area contributed by atoms with Crippen LogP contribution in [0.2, 0.25) is 0 Å². The summed E-state index contributed by atoms with van der Waals surface area (Å²) in [5.41, 5.74) is 1.03. The van der Waals surface area contributed by atoms with E-state index in [1.54, 1.807) is 18.2 Å². The number of hydrogen-bond donors (Lipinski definition) is 1. The van der Waals surface area contributed by atoms with Crippen molar-refractivity contribution in [2.24, 2.45) is 5.92 Å². The lowest BCUT2D eigenvalue weighted by molar-refractivity contribution is -0.132. The Hall–Kier alpha value is -3.22. The van der Waals surface area contributed by atoms with Gasteiger partial charge in [-0.05, 0) is 49.3 Å². The van der Waals surface area contributed by atoms with E-state index in [9.17, 15) is 14.0 Å². The maximum absolute atomic E-state index is 14.2. The molecule has 1 aromatic heterocycles. The van der Waals surface area contributed by atoms with Crippen molar-refractivity contribution in [1.82, 2.24) is 19.7 Å². The molecule has 2 heterocycles. The quantitative estimate of drug-likeness (QED) is 0.634. The molecule has 6 nitrogen and oxygen atoms in total. The molecule has 1 N–H and O–H groups in total. The van der Waals surface area contributed by atoms with Gasteiger partial charge in [-0.1, -0.05) is 42.5 Å². The van der Waals surface area contributed by atoms with Crippen LogP contribution in [0.15, 0.2) is 59.4 Å². The van der Waals surface area contributed by atoms with Crippen LogP contribution in [0, 0.1) is 11.7 Å². The Balaban J connectivity index is 1.30. The molecule has 1 amide bonds. The molecule has 4 rings (SSSR count). The lowest BCUT2D eigenvalue weighted by Crippen LogP contribution is -2.39. The van der Waals surface area contributed by atoms with Gasteiger partial charge in [0.15, 0.2) is 0 Å². The van der Waals surface area contributed by atoms with Gasteiger partial charge in [-0.15, -0.1) is 0 Å². The molecule has 0 atom stereocenters. The number of nitrogens with one attached hydrogen (secondary N) is 1. The van der Waals surface area contributed by atoms with E-state index in [0.717, 1.165) is 25.7 Å². The van der Waals surface area contributed by atoms with Crippen LogP contribution in [0.25, 0.3) is 5.69 Å².